The van der Waals surface area contributed by atoms with Gasteiger partial charge in [-0.1, -0.05) is 6.92 Å². The largest absolute Gasteiger partial charge is 0.467 e. The van der Waals surface area contributed by atoms with Gasteiger partial charge in [0.15, 0.2) is 6.04 Å². The van der Waals surface area contributed by atoms with Crippen molar-refractivity contribution in [1.29, 1.82) is 0 Å². The average Bonchev–Trinajstić information content (AvgIpc) is 2.38. The minimum Gasteiger partial charge on any atom is -0.467 e. The van der Waals surface area contributed by atoms with Gasteiger partial charge in [-0.15, -0.1) is 0 Å². The fourth-order valence-corrected chi connectivity index (χ4v) is 1.37. The summed E-state index contributed by atoms with van der Waals surface area (Å²) in [4.78, 5) is 34.5. The molecular formula is C13H24N2O6. The lowest BCUT2D eigenvalue weighted by molar-refractivity contribution is -0.148. The van der Waals surface area contributed by atoms with Crippen LogP contribution >= 0.6 is 0 Å². The van der Waals surface area contributed by atoms with Gasteiger partial charge in [0.05, 0.1) is 13.2 Å². The van der Waals surface area contributed by atoms with Crippen LogP contribution < -0.4 is 10.6 Å². The minimum absolute atomic E-state index is 0.263. The predicted octanol–water partition coefficient (Wildman–Crippen LogP) is -0.0602. The first kappa shape index (κ1) is 19.2. The zero-order chi connectivity index (χ0) is 16.6. The van der Waals surface area contributed by atoms with Gasteiger partial charge in [-0.25, -0.2) is 9.59 Å². The number of amides is 2. The number of alkyl carbamates (subject to hydrolysis) is 1. The summed E-state index contributed by atoms with van der Waals surface area (Å²) in [6.07, 6.45) is -1.55. The maximum absolute atomic E-state index is 11.7. The molecule has 21 heavy (non-hydrogen) atoms. The lowest BCUT2D eigenvalue weighted by atomic mass is 10.1. The van der Waals surface area contributed by atoms with Gasteiger partial charge in [-0.05, 0) is 27.2 Å². The summed E-state index contributed by atoms with van der Waals surface area (Å²) in [6, 6.07) is -1.17. The van der Waals surface area contributed by atoms with Crippen LogP contribution in [0.2, 0.25) is 0 Å². The zero-order valence-electron chi connectivity index (χ0n) is 13.1. The highest BCUT2D eigenvalue weighted by Crippen LogP contribution is 2.06. The lowest BCUT2D eigenvalue weighted by Crippen LogP contribution is -2.51. The maximum atomic E-state index is 11.7. The first-order chi connectivity index (χ1) is 9.60. The molecule has 0 saturated carbocycles. The number of aliphatic hydroxyl groups is 1. The van der Waals surface area contributed by atoms with E-state index in [0.29, 0.717) is 0 Å². The number of esters is 1. The number of aliphatic hydroxyl groups excluding tert-OH is 1. The molecule has 8 nitrogen and oxygen atoms in total. The summed E-state index contributed by atoms with van der Waals surface area (Å²) < 4.78 is 9.46. The first-order valence-electron chi connectivity index (χ1n) is 6.62. The van der Waals surface area contributed by atoms with E-state index in [1.54, 1.807) is 27.7 Å². The van der Waals surface area contributed by atoms with Crippen LogP contribution in [0.25, 0.3) is 0 Å². The van der Waals surface area contributed by atoms with Crippen molar-refractivity contribution < 1.29 is 29.0 Å². The zero-order valence-corrected chi connectivity index (χ0v) is 13.1. The van der Waals surface area contributed by atoms with Crippen molar-refractivity contribution in [3.63, 3.8) is 0 Å². The van der Waals surface area contributed by atoms with Crippen molar-refractivity contribution in [2.75, 3.05) is 13.7 Å². The van der Waals surface area contributed by atoms with Gasteiger partial charge >= 0.3 is 12.1 Å². The van der Waals surface area contributed by atoms with Crippen molar-refractivity contribution in [2.45, 2.75) is 51.9 Å². The molecule has 122 valence electrons. The lowest BCUT2D eigenvalue weighted by Gasteiger charge is -2.22. The van der Waals surface area contributed by atoms with E-state index in [-0.39, 0.29) is 13.0 Å². The summed E-state index contributed by atoms with van der Waals surface area (Å²) >= 11 is 0. The molecule has 0 radical (unpaired) electrons. The van der Waals surface area contributed by atoms with Crippen LogP contribution in [0, 0.1) is 0 Å². The molecule has 0 rings (SSSR count). The number of ether oxygens (including phenoxy) is 2. The van der Waals surface area contributed by atoms with Crippen LogP contribution in [0.15, 0.2) is 0 Å². The Balaban J connectivity index is 4.39. The Morgan fingerprint density at radius 1 is 1.24 bits per heavy atom. The fraction of sp³-hybridized carbons (Fsp3) is 0.769. The molecule has 0 heterocycles. The van der Waals surface area contributed by atoms with Crippen LogP contribution in [-0.4, -0.2) is 54.5 Å². The van der Waals surface area contributed by atoms with Gasteiger partial charge < -0.3 is 25.2 Å². The number of carbonyl (C=O) groups is 3. The predicted molar refractivity (Wildman–Crippen MR) is 74.5 cm³/mol. The van der Waals surface area contributed by atoms with Gasteiger partial charge in [0.25, 0.3) is 0 Å². The molecule has 2 unspecified atom stereocenters. The second kappa shape index (κ2) is 8.46. The van der Waals surface area contributed by atoms with Crippen molar-refractivity contribution in [1.82, 2.24) is 10.6 Å². The Labute approximate surface area is 124 Å². The summed E-state index contributed by atoms with van der Waals surface area (Å²) in [5.41, 5.74) is -0.673. The molecule has 0 aromatic heterocycles. The van der Waals surface area contributed by atoms with Gasteiger partial charge in [-0.3, -0.25) is 4.79 Å². The Kier molecular flexibility index (Phi) is 7.72. The molecule has 0 fully saturated rings. The molecule has 8 heteroatoms. The minimum atomic E-state index is -1.17. The fourth-order valence-electron chi connectivity index (χ4n) is 1.37. The third-order valence-corrected chi connectivity index (χ3v) is 2.37. The molecular weight excluding hydrogens is 280 g/mol. The summed E-state index contributed by atoms with van der Waals surface area (Å²) in [7, 11) is 1.16. The van der Waals surface area contributed by atoms with E-state index in [0.717, 1.165) is 7.11 Å². The topological polar surface area (TPSA) is 114 Å². The van der Waals surface area contributed by atoms with Crippen LogP contribution in [-0.2, 0) is 19.1 Å². The highest BCUT2D eigenvalue weighted by atomic mass is 16.6. The Morgan fingerprint density at radius 2 is 1.81 bits per heavy atom. The number of nitrogens with one attached hydrogen (secondary N) is 2. The Morgan fingerprint density at radius 3 is 2.24 bits per heavy atom. The highest BCUT2D eigenvalue weighted by molar-refractivity contribution is 5.87. The van der Waals surface area contributed by atoms with E-state index in [9.17, 15) is 19.5 Å². The van der Waals surface area contributed by atoms with Crippen LogP contribution in [0.5, 0.6) is 0 Å². The number of hydrogen-bond donors (Lipinski definition) is 3. The number of hydrogen-bond acceptors (Lipinski definition) is 6. The smallest absolute Gasteiger partial charge is 0.408 e. The molecule has 0 spiro atoms. The number of methoxy groups -OCH3 is 1. The monoisotopic (exact) mass is 304 g/mol. The summed E-state index contributed by atoms with van der Waals surface area (Å²) in [5, 5.41) is 14.2. The van der Waals surface area contributed by atoms with Crippen molar-refractivity contribution >= 4 is 18.0 Å². The third-order valence-electron chi connectivity index (χ3n) is 2.37. The van der Waals surface area contributed by atoms with Crippen molar-refractivity contribution in [3.8, 4) is 0 Å². The van der Waals surface area contributed by atoms with E-state index in [1.807, 2.05) is 0 Å². The molecule has 0 aromatic carbocycles. The van der Waals surface area contributed by atoms with E-state index in [2.05, 4.69) is 15.4 Å². The van der Waals surface area contributed by atoms with Gasteiger partial charge in [0.2, 0.25) is 5.91 Å². The number of rotatable bonds is 6. The van der Waals surface area contributed by atoms with Crippen molar-refractivity contribution in [3.05, 3.63) is 0 Å². The standard InChI is InChI=1S/C13H24N2O6/c1-6-8(16)10(11(18)20-5)15-9(17)7-14-12(19)21-13(2,3)4/h8,10,16H,6-7H2,1-5H3,(H,14,19)(H,15,17). The van der Waals surface area contributed by atoms with E-state index in [4.69, 9.17) is 4.74 Å². The molecule has 0 saturated heterocycles. The van der Waals surface area contributed by atoms with Crippen molar-refractivity contribution in [2.24, 2.45) is 0 Å². The molecule has 0 aliphatic heterocycles. The highest BCUT2D eigenvalue weighted by Gasteiger charge is 2.28. The molecule has 3 N–H and O–H groups in total. The summed E-state index contributed by atoms with van der Waals surface area (Å²) in [6.45, 7) is 6.36. The SMILES string of the molecule is CCC(O)C(NC(=O)CNC(=O)OC(C)(C)C)C(=O)OC. The molecule has 0 bridgehead atoms. The maximum Gasteiger partial charge on any atom is 0.408 e. The third kappa shape index (κ3) is 8.13. The van der Waals surface area contributed by atoms with Crippen LogP contribution in [0.4, 0.5) is 4.79 Å². The average molecular weight is 304 g/mol. The molecule has 0 aliphatic carbocycles. The second-order valence-corrected chi connectivity index (χ2v) is 5.40. The Bertz CT molecular complexity index is 377. The van der Waals surface area contributed by atoms with Gasteiger partial charge in [0.1, 0.15) is 12.1 Å². The van der Waals surface area contributed by atoms with E-state index >= 15 is 0 Å². The molecule has 0 aliphatic rings. The normalized spacial score (nSPS) is 13.8. The van der Waals surface area contributed by atoms with E-state index < -0.39 is 35.7 Å². The molecule has 2 amide bonds. The van der Waals surface area contributed by atoms with Gasteiger partial charge in [0, 0.05) is 0 Å². The van der Waals surface area contributed by atoms with Crippen LogP contribution in [0.3, 0.4) is 0 Å². The first-order valence-corrected chi connectivity index (χ1v) is 6.62. The van der Waals surface area contributed by atoms with E-state index in [1.165, 1.54) is 0 Å². The number of carbonyl (C=O) groups excluding carboxylic acids is 3. The Hall–Kier alpha value is -1.83. The van der Waals surface area contributed by atoms with Crippen LogP contribution in [0.1, 0.15) is 34.1 Å². The van der Waals surface area contributed by atoms with Gasteiger partial charge in [-0.2, -0.15) is 0 Å². The quantitative estimate of drug-likeness (QED) is 0.592. The molecule has 0 aromatic rings. The second-order valence-electron chi connectivity index (χ2n) is 5.40. The summed E-state index contributed by atoms with van der Waals surface area (Å²) in [5.74, 6) is -1.39. The molecule has 2 atom stereocenters.